The van der Waals surface area contributed by atoms with E-state index in [0.717, 1.165) is 38.8 Å². The second-order valence-corrected chi connectivity index (χ2v) is 7.99. The fourth-order valence-corrected chi connectivity index (χ4v) is 3.89. The molecule has 0 saturated heterocycles. The van der Waals surface area contributed by atoms with Gasteiger partial charge in [0.25, 0.3) is 0 Å². The van der Waals surface area contributed by atoms with Gasteiger partial charge >= 0.3 is 0 Å². The van der Waals surface area contributed by atoms with Gasteiger partial charge in [-0.2, -0.15) is 4.31 Å². The monoisotopic (exact) mass is 290 g/mol. The third kappa shape index (κ3) is 6.72. The summed E-state index contributed by atoms with van der Waals surface area (Å²) in [6.45, 7) is 8.88. The van der Waals surface area contributed by atoms with Gasteiger partial charge in [-0.3, -0.25) is 0 Å². The summed E-state index contributed by atoms with van der Waals surface area (Å²) in [6, 6.07) is 0.298. The maximum absolute atomic E-state index is 12.4. The highest BCUT2D eigenvalue weighted by Crippen LogP contribution is 2.30. The highest BCUT2D eigenvalue weighted by Gasteiger charge is 2.36. The van der Waals surface area contributed by atoms with Crippen molar-refractivity contribution in [1.29, 1.82) is 0 Å². The van der Waals surface area contributed by atoms with E-state index < -0.39 is 10.0 Å². The molecular formula is C14H30N2O2S. The van der Waals surface area contributed by atoms with E-state index in [1.807, 2.05) is 0 Å². The number of rotatable bonds is 11. The van der Waals surface area contributed by atoms with Crippen LogP contribution in [0.2, 0.25) is 0 Å². The minimum Gasteiger partial charge on any atom is -0.317 e. The minimum absolute atomic E-state index is 0.290. The molecule has 1 fully saturated rings. The largest absolute Gasteiger partial charge is 0.317 e. The summed E-state index contributed by atoms with van der Waals surface area (Å²) in [5.41, 5.74) is 0. The summed E-state index contributed by atoms with van der Waals surface area (Å²) >= 11 is 0. The molecule has 0 heterocycles. The Morgan fingerprint density at radius 1 is 1.26 bits per heavy atom. The molecule has 0 atom stereocenters. The lowest BCUT2D eigenvalue weighted by Crippen LogP contribution is -2.37. The third-order valence-corrected chi connectivity index (χ3v) is 5.42. The van der Waals surface area contributed by atoms with Gasteiger partial charge in [-0.1, -0.05) is 20.8 Å². The fourth-order valence-electron chi connectivity index (χ4n) is 2.10. The predicted molar refractivity (Wildman–Crippen MR) is 80.7 cm³/mol. The van der Waals surface area contributed by atoms with Crippen molar-refractivity contribution >= 4 is 10.0 Å². The fraction of sp³-hybridized carbons (Fsp3) is 1.00. The van der Waals surface area contributed by atoms with Crippen LogP contribution in [0.3, 0.4) is 0 Å². The van der Waals surface area contributed by atoms with Crippen molar-refractivity contribution in [2.24, 2.45) is 5.92 Å². The Kier molecular flexibility index (Phi) is 7.32. The van der Waals surface area contributed by atoms with E-state index in [4.69, 9.17) is 0 Å². The van der Waals surface area contributed by atoms with E-state index in [2.05, 4.69) is 26.1 Å². The second-order valence-electron chi connectivity index (χ2n) is 5.94. The maximum Gasteiger partial charge on any atom is 0.214 e. The maximum atomic E-state index is 12.4. The molecule has 0 bridgehead atoms. The Hall–Kier alpha value is -0.130. The van der Waals surface area contributed by atoms with Gasteiger partial charge in [-0.05, 0) is 51.1 Å². The van der Waals surface area contributed by atoms with Gasteiger partial charge < -0.3 is 5.32 Å². The molecule has 1 rings (SSSR count). The molecule has 19 heavy (non-hydrogen) atoms. The van der Waals surface area contributed by atoms with Crippen LogP contribution in [0, 0.1) is 5.92 Å². The molecular weight excluding hydrogens is 260 g/mol. The first-order valence-corrected chi connectivity index (χ1v) is 9.28. The van der Waals surface area contributed by atoms with Crippen LogP contribution in [0.1, 0.15) is 52.9 Å². The van der Waals surface area contributed by atoms with Crippen LogP contribution in [0.4, 0.5) is 0 Å². The van der Waals surface area contributed by atoms with Gasteiger partial charge in [-0.15, -0.1) is 0 Å². The van der Waals surface area contributed by atoms with Crippen molar-refractivity contribution in [3.05, 3.63) is 0 Å². The normalized spacial score (nSPS) is 16.5. The van der Waals surface area contributed by atoms with Crippen LogP contribution >= 0.6 is 0 Å². The van der Waals surface area contributed by atoms with Gasteiger partial charge in [-0.25, -0.2) is 8.42 Å². The first-order valence-electron chi connectivity index (χ1n) is 7.67. The van der Waals surface area contributed by atoms with Gasteiger partial charge in [0.15, 0.2) is 0 Å². The van der Waals surface area contributed by atoms with Crippen molar-refractivity contribution in [3.63, 3.8) is 0 Å². The Morgan fingerprint density at radius 2 is 1.95 bits per heavy atom. The number of hydrogen-bond donors (Lipinski definition) is 1. The molecule has 0 radical (unpaired) electrons. The molecule has 1 N–H and O–H groups in total. The number of sulfonamides is 1. The van der Waals surface area contributed by atoms with Crippen LogP contribution < -0.4 is 5.32 Å². The van der Waals surface area contributed by atoms with Crippen LogP contribution in [-0.4, -0.2) is 44.2 Å². The van der Waals surface area contributed by atoms with Crippen LogP contribution in [0.15, 0.2) is 0 Å². The molecule has 1 aliphatic rings. The lowest BCUT2D eigenvalue weighted by atomic mass is 10.1. The Labute approximate surface area is 119 Å². The molecule has 114 valence electrons. The smallest absolute Gasteiger partial charge is 0.214 e. The second kappa shape index (κ2) is 8.22. The average Bonchev–Trinajstić information content (AvgIpc) is 3.12. The first-order chi connectivity index (χ1) is 8.97. The molecule has 5 heteroatoms. The Bertz CT molecular complexity index is 337. The molecule has 0 aromatic carbocycles. The van der Waals surface area contributed by atoms with E-state index in [1.54, 1.807) is 4.31 Å². The van der Waals surface area contributed by atoms with Crippen molar-refractivity contribution < 1.29 is 8.42 Å². The lowest BCUT2D eigenvalue weighted by Gasteiger charge is -2.22. The number of nitrogens with one attached hydrogen (secondary N) is 1. The van der Waals surface area contributed by atoms with Gasteiger partial charge in [0.05, 0.1) is 5.75 Å². The summed E-state index contributed by atoms with van der Waals surface area (Å²) in [4.78, 5) is 0. The van der Waals surface area contributed by atoms with E-state index in [0.29, 0.717) is 24.9 Å². The number of hydrogen-bond acceptors (Lipinski definition) is 3. The SMILES string of the molecule is CCCNCCCS(=O)(=O)N(CCC(C)C)C1CC1. The van der Waals surface area contributed by atoms with Crippen LogP contribution in [-0.2, 0) is 10.0 Å². The van der Waals surface area contributed by atoms with Crippen molar-refractivity contribution in [2.45, 2.75) is 58.9 Å². The molecule has 4 nitrogen and oxygen atoms in total. The van der Waals surface area contributed by atoms with Gasteiger partial charge in [0, 0.05) is 12.6 Å². The van der Waals surface area contributed by atoms with Crippen molar-refractivity contribution in [3.8, 4) is 0 Å². The molecule has 0 amide bonds. The van der Waals surface area contributed by atoms with Gasteiger partial charge in [0.1, 0.15) is 0 Å². The standard InChI is InChI=1S/C14H30N2O2S/c1-4-9-15-10-5-12-19(17,18)16(14-6-7-14)11-8-13(2)3/h13-15H,4-12H2,1-3H3. The molecule has 1 saturated carbocycles. The van der Waals surface area contributed by atoms with E-state index in [-0.39, 0.29) is 5.75 Å². The van der Waals surface area contributed by atoms with Crippen molar-refractivity contribution in [1.82, 2.24) is 9.62 Å². The molecule has 0 spiro atoms. The zero-order chi connectivity index (χ0) is 14.3. The summed E-state index contributed by atoms with van der Waals surface area (Å²) in [6.07, 6.45) is 4.86. The zero-order valence-electron chi connectivity index (χ0n) is 12.7. The van der Waals surface area contributed by atoms with E-state index in [9.17, 15) is 8.42 Å². The van der Waals surface area contributed by atoms with Crippen molar-refractivity contribution in [2.75, 3.05) is 25.4 Å². The summed E-state index contributed by atoms with van der Waals surface area (Å²) < 4.78 is 26.5. The Morgan fingerprint density at radius 3 is 2.47 bits per heavy atom. The summed E-state index contributed by atoms with van der Waals surface area (Å²) in [7, 11) is -3.05. The topological polar surface area (TPSA) is 49.4 Å². The average molecular weight is 290 g/mol. The highest BCUT2D eigenvalue weighted by molar-refractivity contribution is 7.89. The van der Waals surface area contributed by atoms with Crippen LogP contribution in [0.25, 0.3) is 0 Å². The summed E-state index contributed by atoms with van der Waals surface area (Å²) in [5.74, 6) is 0.848. The predicted octanol–water partition coefficient (Wildman–Crippen LogP) is 2.22. The Balaban J connectivity index is 2.37. The van der Waals surface area contributed by atoms with E-state index in [1.165, 1.54) is 0 Å². The van der Waals surface area contributed by atoms with Gasteiger partial charge in [0.2, 0.25) is 10.0 Å². The quantitative estimate of drug-likeness (QED) is 0.594. The molecule has 1 aliphatic carbocycles. The lowest BCUT2D eigenvalue weighted by molar-refractivity contribution is 0.372. The first kappa shape index (κ1) is 16.9. The summed E-state index contributed by atoms with van der Waals surface area (Å²) in [5, 5.41) is 3.26. The highest BCUT2D eigenvalue weighted by atomic mass is 32.2. The molecule has 0 aromatic heterocycles. The number of nitrogens with zero attached hydrogens (tertiary/aromatic N) is 1. The van der Waals surface area contributed by atoms with Crippen LogP contribution in [0.5, 0.6) is 0 Å². The minimum atomic E-state index is -3.05. The molecule has 0 aromatic rings. The molecule has 0 unspecified atom stereocenters. The zero-order valence-corrected chi connectivity index (χ0v) is 13.5. The molecule has 0 aliphatic heterocycles. The van der Waals surface area contributed by atoms with E-state index >= 15 is 0 Å². The third-order valence-electron chi connectivity index (χ3n) is 3.42.